The molecular formula is C46H91N31O11. The highest BCUT2D eigenvalue weighted by atomic mass is 16.2. The summed E-state index contributed by atoms with van der Waals surface area (Å²) in [7, 11) is 0. The number of nitrogens with two attached hydrogens (primary N) is 16. The van der Waals surface area contributed by atoms with Crippen molar-refractivity contribution in [1.29, 1.82) is 0 Å². The third-order valence-electron chi connectivity index (χ3n) is 11.9. The first-order chi connectivity index (χ1) is 41.3. The lowest BCUT2D eigenvalue weighted by molar-refractivity contribution is -0.136. The van der Waals surface area contributed by atoms with Gasteiger partial charge < -0.3 is 140 Å². The van der Waals surface area contributed by atoms with Gasteiger partial charge >= 0.3 is 0 Å². The molecule has 0 aromatic rings. The molecule has 0 fully saturated rings. The van der Waals surface area contributed by atoms with E-state index in [-0.39, 0.29) is 122 Å². The van der Waals surface area contributed by atoms with Gasteiger partial charge in [-0.2, -0.15) is 0 Å². The third-order valence-corrected chi connectivity index (χ3v) is 11.9. The summed E-state index contributed by atoms with van der Waals surface area (Å²) >= 11 is 0. The molecule has 0 aromatic carbocycles. The predicted molar refractivity (Wildman–Crippen MR) is 324 cm³/mol. The van der Waals surface area contributed by atoms with Crippen LogP contribution in [0.1, 0.15) is 77.6 Å². The van der Waals surface area contributed by atoms with Crippen LogP contribution < -0.4 is 140 Å². The zero-order valence-corrected chi connectivity index (χ0v) is 49.0. The minimum Gasteiger partial charge on any atom is -0.370 e. The molecule has 0 rings (SSSR count). The highest BCUT2D eigenvalue weighted by Gasteiger charge is 2.36. The zero-order chi connectivity index (χ0) is 67.1. The van der Waals surface area contributed by atoms with E-state index in [1.54, 1.807) is 0 Å². The first-order valence-corrected chi connectivity index (χ1v) is 27.3. The molecule has 0 saturated heterocycles. The number of rotatable bonds is 44. The van der Waals surface area contributed by atoms with Crippen LogP contribution in [-0.2, 0) is 52.7 Å². The van der Waals surface area contributed by atoms with Crippen molar-refractivity contribution in [3.63, 3.8) is 0 Å². The molecule has 0 radical (unpaired) electrons. The van der Waals surface area contributed by atoms with Crippen molar-refractivity contribution in [2.24, 2.45) is 122 Å². The molecule has 0 aliphatic rings. The van der Waals surface area contributed by atoms with Crippen molar-refractivity contribution in [1.82, 2.24) is 47.9 Å². The zero-order valence-electron chi connectivity index (χ0n) is 49.0. The molecule has 0 heterocycles. The van der Waals surface area contributed by atoms with Gasteiger partial charge in [0.1, 0.15) is 54.4 Å². The lowest BCUT2D eigenvalue weighted by atomic mass is 10.0. The smallest absolute Gasteiger partial charge is 0.243 e. The number of carbonyl (C=O) groups excluding carboxylic acids is 11. The van der Waals surface area contributed by atoms with Gasteiger partial charge in [-0.15, -0.1) is 0 Å². The van der Waals surface area contributed by atoms with E-state index in [2.05, 4.69) is 77.8 Å². The van der Waals surface area contributed by atoms with Crippen LogP contribution in [0.15, 0.2) is 30.0 Å². The van der Waals surface area contributed by atoms with Crippen molar-refractivity contribution >= 4 is 101 Å². The number of hydrogen-bond donors (Lipinski definition) is 25. The number of carbonyl (C=O) groups is 11. The van der Waals surface area contributed by atoms with Gasteiger partial charge in [-0.3, -0.25) is 82.7 Å². The number of guanidine groups is 6. The maximum atomic E-state index is 14.4. The van der Waals surface area contributed by atoms with Gasteiger partial charge in [0.05, 0.1) is 6.42 Å². The molecule has 42 nitrogen and oxygen atoms in total. The van der Waals surface area contributed by atoms with Crippen molar-refractivity contribution in [3.8, 4) is 0 Å². The van der Waals surface area contributed by atoms with Crippen LogP contribution in [0.2, 0.25) is 0 Å². The number of amides is 11. The minimum absolute atomic E-state index is 0.0220. The second kappa shape index (κ2) is 42.5. The van der Waals surface area contributed by atoms with Crippen LogP contribution in [-0.4, -0.2) is 207 Å². The Bertz CT molecular complexity index is 2520. The SMILES string of the molecule is CC(=O)N[C@@H](CCN=C(N)N)C(=O)N[C@@H](CCCN)C(=O)N[C@@H](CCCN)C(=O)N[C@@H](CCN=C(N)N)C(=O)N[C@@H](CCN=C(N)N)C(=O)N[C@@H](CC(N)=O)C(=O)N[C@@H](CCN=C(N)N)C(=O)N[C@@H](CCN=C(N)N)C(=O)N[C@@H](CCN=C(N)N)C(N)=O. The van der Waals surface area contributed by atoms with Gasteiger partial charge in [0.15, 0.2) is 35.8 Å². The van der Waals surface area contributed by atoms with E-state index >= 15 is 0 Å². The summed E-state index contributed by atoms with van der Waals surface area (Å²) in [6, 6.07) is -13.9. The first-order valence-electron chi connectivity index (χ1n) is 27.3. The largest absolute Gasteiger partial charge is 0.370 e. The summed E-state index contributed by atoms with van der Waals surface area (Å²) < 4.78 is 0. The van der Waals surface area contributed by atoms with Crippen molar-refractivity contribution in [2.75, 3.05) is 52.4 Å². The van der Waals surface area contributed by atoms with E-state index in [0.29, 0.717) is 0 Å². The Morgan fingerprint density at radius 3 is 0.682 bits per heavy atom. The quantitative estimate of drug-likeness (QED) is 0.0199. The monoisotopic (exact) mass is 1250 g/mol. The summed E-state index contributed by atoms with van der Waals surface area (Å²) in [5.41, 5.74) is 88.2. The summed E-state index contributed by atoms with van der Waals surface area (Å²) in [6.07, 6.45) is -2.55. The van der Waals surface area contributed by atoms with Crippen molar-refractivity contribution in [2.45, 2.75) is 132 Å². The van der Waals surface area contributed by atoms with Crippen LogP contribution in [0.3, 0.4) is 0 Å². The topological polar surface area (TPSA) is 787 Å². The minimum atomic E-state index is -1.93. The van der Waals surface area contributed by atoms with E-state index in [1.165, 1.54) is 0 Å². The summed E-state index contributed by atoms with van der Waals surface area (Å²) in [5, 5.41) is 22.0. The van der Waals surface area contributed by atoms with Crippen LogP contribution in [0, 0.1) is 0 Å². The molecule has 11 amide bonds. The highest BCUT2D eigenvalue weighted by molar-refractivity contribution is 5.99. The molecule has 0 aromatic heterocycles. The summed E-state index contributed by atoms with van der Waals surface area (Å²) in [6.45, 7) is -0.241. The predicted octanol–water partition coefficient (Wildman–Crippen LogP) is -14.8. The van der Waals surface area contributed by atoms with Gasteiger partial charge in [0.25, 0.3) is 0 Å². The Hall–Kier alpha value is -10.3. The van der Waals surface area contributed by atoms with E-state index in [9.17, 15) is 52.7 Å². The van der Waals surface area contributed by atoms with E-state index in [0.717, 1.165) is 6.92 Å². The standard InChI is InChI=1S/C46H91N31O11/c1-21(78)69-25(7-15-64-42(53)54)35(83)72-23(4-2-12-47)33(81)71-24(5-3-13-48)34(82)73-27(9-17-66-44(57)58)37(85)75-29(11-19-68-46(61)62)39(87)77-30(20-31(49)79)40(88)76-28(10-18-67-45(59)60)38(86)74-26(8-16-65-43(55)56)36(84)70-22(32(50)80)6-14-63-41(51)52/h22-30H,2-20,47-48H2,1H3,(H2,49,79)(H2,50,80)(H,69,78)(H,70,84)(H,71,81)(H,72,83)(H,73,82)(H,74,86)(H,75,85)(H,76,88)(H,77,87)(H4,51,52,63)(H4,53,54,64)(H4,55,56,65)(H4,57,58,66)(H4,59,60,67)(H4,61,62,68)/t22-,23-,24-,25-,26-,27-,28-,29-,30-/m0/s1. The van der Waals surface area contributed by atoms with Gasteiger partial charge in [0.2, 0.25) is 65.0 Å². The van der Waals surface area contributed by atoms with Crippen molar-refractivity contribution < 1.29 is 52.7 Å². The fourth-order valence-corrected chi connectivity index (χ4v) is 7.58. The van der Waals surface area contributed by atoms with Crippen LogP contribution in [0.5, 0.6) is 0 Å². The molecule has 496 valence electrons. The molecule has 9 atom stereocenters. The maximum absolute atomic E-state index is 14.4. The lowest BCUT2D eigenvalue weighted by Gasteiger charge is -2.28. The molecule has 88 heavy (non-hydrogen) atoms. The van der Waals surface area contributed by atoms with Crippen molar-refractivity contribution in [3.05, 3.63) is 0 Å². The highest BCUT2D eigenvalue weighted by Crippen LogP contribution is 2.09. The first kappa shape index (κ1) is 77.7. The second-order valence-electron chi connectivity index (χ2n) is 19.2. The molecule has 41 N–H and O–H groups in total. The van der Waals surface area contributed by atoms with Gasteiger partial charge in [-0.1, -0.05) is 0 Å². The Balaban J connectivity index is 7.25. The third kappa shape index (κ3) is 35.1. The number of hydrogen-bond acceptors (Lipinski definition) is 19. The Morgan fingerprint density at radius 2 is 0.477 bits per heavy atom. The van der Waals surface area contributed by atoms with E-state index < -0.39 is 156 Å². The molecule has 0 aliphatic carbocycles. The molecule has 0 spiro atoms. The summed E-state index contributed by atoms with van der Waals surface area (Å²) in [5.74, 6) is -13.2. The fourth-order valence-electron chi connectivity index (χ4n) is 7.58. The van der Waals surface area contributed by atoms with Crippen LogP contribution in [0.4, 0.5) is 0 Å². The molecule has 0 bridgehead atoms. The molecule has 0 unspecified atom stereocenters. The summed E-state index contributed by atoms with van der Waals surface area (Å²) in [4.78, 5) is 172. The van der Waals surface area contributed by atoms with E-state index in [4.69, 9.17) is 91.7 Å². The van der Waals surface area contributed by atoms with Gasteiger partial charge in [-0.25, -0.2) is 0 Å². The molecule has 0 saturated carbocycles. The Labute approximate surface area is 506 Å². The number of primary amides is 2. The Kier molecular flexibility index (Phi) is 37.5. The van der Waals surface area contributed by atoms with Gasteiger partial charge in [-0.05, 0) is 77.3 Å². The Morgan fingerprint density at radius 1 is 0.284 bits per heavy atom. The second-order valence-corrected chi connectivity index (χ2v) is 19.2. The lowest BCUT2D eigenvalue weighted by Crippen LogP contribution is -2.61. The number of nitrogens with zero attached hydrogens (tertiary/aromatic N) is 6. The molecule has 0 aliphatic heterocycles. The molecule has 42 heteroatoms. The normalized spacial score (nSPS) is 13.6. The number of nitrogens with one attached hydrogen (secondary N) is 9. The van der Waals surface area contributed by atoms with Crippen LogP contribution in [0.25, 0.3) is 0 Å². The van der Waals surface area contributed by atoms with Gasteiger partial charge in [0, 0.05) is 46.2 Å². The number of aliphatic imine (C=N–C) groups is 6. The maximum Gasteiger partial charge on any atom is 0.243 e. The molecular weight excluding hydrogens is 1160 g/mol. The van der Waals surface area contributed by atoms with Crippen LogP contribution >= 0.6 is 0 Å². The van der Waals surface area contributed by atoms with E-state index in [1.807, 2.05) is 0 Å². The average Bonchev–Trinajstić information content (AvgIpc) is 3.31. The average molecular weight is 1250 g/mol. The fraction of sp³-hybridized carbons (Fsp3) is 0.630.